The van der Waals surface area contributed by atoms with Crippen LogP contribution in [0.4, 0.5) is 0 Å². The van der Waals surface area contributed by atoms with E-state index in [1.54, 1.807) is 0 Å². The summed E-state index contributed by atoms with van der Waals surface area (Å²) in [5.41, 5.74) is 3.13. The number of oxazole rings is 1. The number of rotatable bonds is 6. The predicted octanol–water partition coefficient (Wildman–Crippen LogP) is 3.85. The molecule has 2 aromatic heterocycles. The van der Waals surface area contributed by atoms with E-state index >= 15 is 0 Å². The van der Waals surface area contributed by atoms with Crippen LogP contribution in [0.3, 0.4) is 0 Å². The van der Waals surface area contributed by atoms with E-state index in [1.807, 2.05) is 26.1 Å². The average molecular weight is 338 g/mol. The van der Waals surface area contributed by atoms with Crippen molar-refractivity contribution >= 4 is 0 Å². The van der Waals surface area contributed by atoms with E-state index in [9.17, 15) is 0 Å². The second kappa shape index (κ2) is 6.44. The molecule has 2 heterocycles. The van der Waals surface area contributed by atoms with E-state index in [1.165, 1.54) is 5.56 Å². The van der Waals surface area contributed by atoms with Crippen molar-refractivity contribution in [2.75, 3.05) is 7.05 Å². The van der Waals surface area contributed by atoms with Gasteiger partial charge in [0.05, 0.1) is 12.2 Å². The maximum atomic E-state index is 5.86. The summed E-state index contributed by atoms with van der Waals surface area (Å²) in [7, 11) is 2.02. The van der Waals surface area contributed by atoms with E-state index in [2.05, 4.69) is 39.1 Å². The maximum Gasteiger partial charge on any atom is 0.229 e. The van der Waals surface area contributed by atoms with Gasteiger partial charge in [0.1, 0.15) is 5.76 Å². The molecule has 0 N–H and O–H groups in total. The van der Waals surface area contributed by atoms with Crippen molar-refractivity contribution in [3.8, 4) is 11.5 Å². The summed E-state index contributed by atoms with van der Waals surface area (Å²) >= 11 is 0. The van der Waals surface area contributed by atoms with Crippen molar-refractivity contribution in [2.45, 2.75) is 45.7 Å². The SMILES string of the molecule is Cc1cccc(-c2nc(CN(C)Cc3noc(C4CC4)n3)c(C)o2)c1. The van der Waals surface area contributed by atoms with Gasteiger partial charge >= 0.3 is 0 Å². The van der Waals surface area contributed by atoms with Crippen LogP contribution < -0.4 is 0 Å². The summed E-state index contributed by atoms with van der Waals surface area (Å²) in [6, 6.07) is 8.18. The van der Waals surface area contributed by atoms with Crippen molar-refractivity contribution in [3.05, 3.63) is 53.0 Å². The third-order valence-corrected chi connectivity index (χ3v) is 4.40. The van der Waals surface area contributed by atoms with E-state index in [0.717, 1.165) is 41.6 Å². The van der Waals surface area contributed by atoms with Crippen molar-refractivity contribution in [3.63, 3.8) is 0 Å². The summed E-state index contributed by atoms with van der Waals surface area (Å²) in [6.45, 7) is 5.32. The third-order valence-electron chi connectivity index (χ3n) is 4.40. The van der Waals surface area contributed by atoms with Crippen LogP contribution in [0.5, 0.6) is 0 Å². The Balaban J connectivity index is 1.44. The zero-order valence-electron chi connectivity index (χ0n) is 14.8. The van der Waals surface area contributed by atoms with Crippen molar-refractivity contribution < 1.29 is 8.94 Å². The lowest BCUT2D eigenvalue weighted by atomic mass is 10.1. The van der Waals surface area contributed by atoms with Gasteiger partial charge in [-0.1, -0.05) is 22.9 Å². The highest BCUT2D eigenvalue weighted by Gasteiger charge is 2.29. The van der Waals surface area contributed by atoms with Gasteiger partial charge in [0.2, 0.25) is 11.8 Å². The Morgan fingerprint density at radius 1 is 1.16 bits per heavy atom. The molecule has 0 spiro atoms. The van der Waals surface area contributed by atoms with E-state index in [0.29, 0.717) is 24.9 Å². The summed E-state index contributed by atoms with van der Waals surface area (Å²) in [5.74, 6) is 3.50. The standard InChI is InChI=1S/C19H22N4O2/c1-12-5-4-6-15(9-12)18-20-16(13(2)24-18)10-23(3)11-17-21-19(25-22-17)14-7-8-14/h4-6,9,14H,7-8,10-11H2,1-3H3. The predicted molar refractivity (Wildman–Crippen MR) is 92.9 cm³/mol. The van der Waals surface area contributed by atoms with Gasteiger partial charge in [-0.25, -0.2) is 4.98 Å². The molecule has 1 aliphatic rings. The fourth-order valence-electron chi connectivity index (χ4n) is 2.86. The first kappa shape index (κ1) is 16.0. The molecule has 1 saturated carbocycles. The first-order valence-corrected chi connectivity index (χ1v) is 8.63. The molecule has 4 rings (SSSR count). The second-order valence-corrected chi connectivity index (χ2v) is 6.89. The second-order valence-electron chi connectivity index (χ2n) is 6.89. The van der Waals surface area contributed by atoms with Gasteiger partial charge in [-0.15, -0.1) is 0 Å². The molecule has 0 saturated heterocycles. The molecule has 1 aliphatic carbocycles. The fraction of sp³-hybridized carbons (Fsp3) is 0.421. The number of benzene rings is 1. The highest BCUT2D eigenvalue weighted by atomic mass is 16.5. The van der Waals surface area contributed by atoms with Gasteiger partial charge < -0.3 is 8.94 Å². The van der Waals surface area contributed by atoms with Crippen molar-refractivity contribution in [1.29, 1.82) is 0 Å². The molecule has 1 fully saturated rings. The van der Waals surface area contributed by atoms with E-state index in [-0.39, 0.29) is 0 Å². The molecule has 0 bridgehead atoms. The topological polar surface area (TPSA) is 68.2 Å². The minimum Gasteiger partial charge on any atom is -0.441 e. The van der Waals surface area contributed by atoms with Crippen LogP contribution in [0.15, 0.2) is 33.2 Å². The summed E-state index contributed by atoms with van der Waals surface area (Å²) < 4.78 is 11.2. The summed E-state index contributed by atoms with van der Waals surface area (Å²) in [6.07, 6.45) is 2.33. The molecule has 0 atom stereocenters. The van der Waals surface area contributed by atoms with Crippen LogP contribution in [-0.4, -0.2) is 27.1 Å². The fourth-order valence-corrected chi connectivity index (χ4v) is 2.86. The molecule has 3 aromatic rings. The number of aromatic nitrogens is 3. The summed E-state index contributed by atoms with van der Waals surface area (Å²) in [4.78, 5) is 11.3. The molecular weight excluding hydrogens is 316 g/mol. The molecule has 0 amide bonds. The molecule has 6 heteroatoms. The minimum atomic E-state index is 0.487. The Bertz CT molecular complexity index is 879. The lowest BCUT2D eigenvalue weighted by Gasteiger charge is -2.12. The Kier molecular flexibility index (Phi) is 4.13. The van der Waals surface area contributed by atoms with Gasteiger partial charge in [-0.3, -0.25) is 4.90 Å². The zero-order valence-corrected chi connectivity index (χ0v) is 14.8. The highest BCUT2D eigenvalue weighted by Crippen LogP contribution is 2.38. The quantitative estimate of drug-likeness (QED) is 0.680. The Morgan fingerprint density at radius 2 is 2.00 bits per heavy atom. The van der Waals surface area contributed by atoms with Gasteiger partial charge in [0, 0.05) is 18.0 Å². The van der Waals surface area contributed by atoms with Crippen molar-refractivity contribution in [1.82, 2.24) is 20.0 Å². The normalized spacial score (nSPS) is 14.4. The van der Waals surface area contributed by atoms with E-state index in [4.69, 9.17) is 8.94 Å². The molecule has 130 valence electrons. The van der Waals surface area contributed by atoms with Gasteiger partial charge in [0.15, 0.2) is 5.82 Å². The number of aryl methyl sites for hydroxylation is 2. The Labute approximate surface area is 146 Å². The maximum absolute atomic E-state index is 5.86. The number of hydrogen-bond acceptors (Lipinski definition) is 6. The lowest BCUT2D eigenvalue weighted by Crippen LogP contribution is -2.18. The van der Waals surface area contributed by atoms with Crippen LogP contribution in [-0.2, 0) is 13.1 Å². The molecule has 0 aliphatic heterocycles. The van der Waals surface area contributed by atoms with Gasteiger partial charge in [-0.2, -0.15) is 4.98 Å². The van der Waals surface area contributed by atoms with Crippen LogP contribution in [0.25, 0.3) is 11.5 Å². The lowest BCUT2D eigenvalue weighted by molar-refractivity contribution is 0.295. The van der Waals surface area contributed by atoms with Crippen LogP contribution in [0.2, 0.25) is 0 Å². The summed E-state index contributed by atoms with van der Waals surface area (Å²) in [5, 5.41) is 4.07. The van der Waals surface area contributed by atoms with Crippen LogP contribution in [0, 0.1) is 13.8 Å². The van der Waals surface area contributed by atoms with Gasteiger partial charge in [-0.05, 0) is 45.9 Å². The zero-order chi connectivity index (χ0) is 17.4. The molecule has 6 nitrogen and oxygen atoms in total. The Hall–Kier alpha value is -2.47. The molecule has 0 unspecified atom stereocenters. The first-order valence-electron chi connectivity index (χ1n) is 8.63. The smallest absolute Gasteiger partial charge is 0.229 e. The minimum absolute atomic E-state index is 0.487. The number of nitrogens with zero attached hydrogens (tertiary/aromatic N) is 4. The largest absolute Gasteiger partial charge is 0.441 e. The van der Waals surface area contributed by atoms with Gasteiger partial charge in [0.25, 0.3) is 0 Å². The average Bonchev–Trinajstić information content (AvgIpc) is 3.23. The molecular formula is C19H22N4O2. The molecule has 1 aromatic carbocycles. The molecule has 0 radical (unpaired) electrons. The van der Waals surface area contributed by atoms with Crippen molar-refractivity contribution in [2.24, 2.45) is 0 Å². The monoisotopic (exact) mass is 338 g/mol. The highest BCUT2D eigenvalue weighted by molar-refractivity contribution is 5.54. The molecule has 25 heavy (non-hydrogen) atoms. The Morgan fingerprint density at radius 3 is 2.76 bits per heavy atom. The first-order chi connectivity index (χ1) is 12.1. The van der Waals surface area contributed by atoms with E-state index < -0.39 is 0 Å². The van der Waals surface area contributed by atoms with Crippen LogP contribution >= 0.6 is 0 Å². The third kappa shape index (κ3) is 3.64. The number of hydrogen-bond donors (Lipinski definition) is 0. The van der Waals surface area contributed by atoms with Crippen LogP contribution in [0.1, 0.15) is 47.5 Å².